The second-order valence-corrected chi connectivity index (χ2v) is 4.07. The molecule has 3 N–H and O–H groups in total. The lowest BCUT2D eigenvalue weighted by atomic mass is 10.6. The molecule has 0 spiro atoms. The molecule has 12 heavy (non-hydrogen) atoms. The summed E-state index contributed by atoms with van der Waals surface area (Å²) in [6.07, 6.45) is 0. The molecule has 7 heteroatoms. The van der Waals surface area contributed by atoms with E-state index in [0.717, 1.165) is 0 Å². The molecular formula is C5H14N2O4P+. The van der Waals surface area contributed by atoms with Crippen LogP contribution in [-0.4, -0.2) is 47.5 Å². The van der Waals surface area contributed by atoms with Crippen molar-refractivity contribution in [2.45, 2.75) is 0 Å². The Labute approximate surface area is 72.2 Å². The molecule has 6 nitrogen and oxygen atoms in total. The number of likely N-dealkylation sites (N-methyl/N-ethyl adjacent to an activating group) is 1. The van der Waals surface area contributed by atoms with Gasteiger partial charge in [0.15, 0.2) is 0 Å². The van der Waals surface area contributed by atoms with Crippen LogP contribution in [0, 0.1) is 0 Å². The van der Waals surface area contributed by atoms with Crippen LogP contribution in [0.25, 0.3) is 0 Å². The van der Waals surface area contributed by atoms with E-state index in [1.807, 2.05) is 0 Å². The summed E-state index contributed by atoms with van der Waals surface area (Å²) in [5.74, 6) is 0. The molecule has 0 aliphatic rings. The van der Waals surface area contributed by atoms with Gasteiger partial charge in [-0.05, 0) is 14.1 Å². The summed E-state index contributed by atoms with van der Waals surface area (Å²) >= 11 is 0. The fourth-order valence-corrected chi connectivity index (χ4v) is 0.807. The van der Waals surface area contributed by atoms with Crippen LogP contribution in [-0.2, 0) is 4.57 Å². The van der Waals surface area contributed by atoms with Crippen LogP contribution in [0.3, 0.4) is 0 Å². The van der Waals surface area contributed by atoms with Gasteiger partial charge in [-0.25, -0.2) is 4.57 Å². The van der Waals surface area contributed by atoms with Gasteiger partial charge in [-0.3, -0.25) is 4.79 Å². The third-order valence-corrected chi connectivity index (χ3v) is 1.79. The summed E-state index contributed by atoms with van der Waals surface area (Å²) in [7, 11) is -0.995. The fraction of sp³-hybridized carbons (Fsp3) is 0.800. The van der Waals surface area contributed by atoms with Gasteiger partial charge in [-0.2, -0.15) is 0 Å². The Balaban J connectivity index is 0. The minimum absolute atomic E-state index is 0. The Morgan fingerprint density at radius 2 is 2.08 bits per heavy atom. The van der Waals surface area contributed by atoms with Crippen molar-refractivity contribution < 1.29 is 20.6 Å². The highest BCUT2D eigenvalue weighted by molar-refractivity contribution is 7.69. The maximum Gasteiger partial charge on any atom is 1.00 e. The molecule has 0 rings (SSSR count). The van der Waals surface area contributed by atoms with E-state index in [1.54, 1.807) is 19.0 Å². The lowest BCUT2D eigenvalue weighted by Crippen LogP contribution is -2.30. The number of carbonyl (C=O) groups is 1. The topological polar surface area (TPSA) is 89.9 Å². The summed E-state index contributed by atoms with van der Waals surface area (Å²) in [6.45, 7) is 0.780. The van der Waals surface area contributed by atoms with E-state index in [1.165, 1.54) is 0 Å². The van der Waals surface area contributed by atoms with Crippen molar-refractivity contribution in [1.82, 2.24) is 10.2 Å². The smallest absolute Gasteiger partial charge is 0.344 e. The molecule has 0 saturated heterocycles. The zero-order valence-corrected chi connectivity index (χ0v) is 7.91. The van der Waals surface area contributed by atoms with Crippen molar-refractivity contribution in [3.8, 4) is 0 Å². The highest BCUT2D eigenvalue weighted by Gasteiger charge is 2.24. The molecule has 1 amide bonds. The summed E-state index contributed by atoms with van der Waals surface area (Å²) < 4.78 is 10.3. The normalized spacial score (nSPS) is 11.8. The van der Waals surface area contributed by atoms with E-state index in [-0.39, 0.29) is 7.97 Å². The molecule has 0 aliphatic carbocycles. The lowest BCUT2D eigenvalue weighted by Gasteiger charge is -2.10. The summed E-state index contributed by atoms with van der Waals surface area (Å²) in [6, 6.07) is 0. The average molecular weight is 197 g/mol. The molecule has 0 aromatic heterocycles. The van der Waals surface area contributed by atoms with E-state index in [4.69, 9.17) is 9.79 Å². The molecule has 0 fully saturated rings. The van der Waals surface area contributed by atoms with E-state index < -0.39 is 13.2 Å². The monoisotopic (exact) mass is 197 g/mol. The average Bonchev–Trinajstić information content (AvgIpc) is 1.84. The minimum Gasteiger partial charge on any atom is -0.344 e. The first kappa shape index (κ1) is 11.6. The van der Waals surface area contributed by atoms with E-state index in [9.17, 15) is 9.36 Å². The third-order valence-electron chi connectivity index (χ3n) is 1.10. The predicted molar refractivity (Wildman–Crippen MR) is 45.1 cm³/mol. The number of hydrogen-bond donors (Lipinski definition) is 3. The SMILES string of the molecule is CN(C)CCNC(=O)P(=O)(O)O.[H+]. The van der Waals surface area contributed by atoms with Gasteiger partial charge in [0.2, 0.25) is 0 Å². The zero-order valence-electron chi connectivity index (χ0n) is 8.02. The molecule has 72 valence electrons. The molecule has 0 heterocycles. The van der Waals surface area contributed by atoms with Gasteiger partial charge in [-0.15, -0.1) is 0 Å². The van der Waals surface area contributed by atoms with Crippen LogP contribution in [0.5, 0.6) is 0 Å². The fourth-order valence-electron chi connectivity index (χ4n) is 0.489. The third kappa shape index (κ3) is 5.26. The Bertz CT molecular complexity index is 205. The van der Waals surface area contributed by atoms with Crippen molar-refractivity contribution in [3.63, 3.8) is 0 Å². The molecule has 0 saturated carbocycles. The first-order valence-corrected chi connectivity index (χ1v) is 4.94. The second kappa shape index (κ2) is 4.57. The van der Waals surface area contributed by atoms with Crippen molar-refractivity contribution in [3.05, 3.63) is 0 Å². The molecule has 0 bridgehead atoms. The lowest BCUT2D eigenvalue weighted by molar-refractivity contribution is 0.247. The van der Waals surface area contributed by atoms with Gasteiger partial charge in [0.05, 0.1) is 0 Å². The Morgan fingerprint density at radius 1 is 1.58 bits per heavy atom. The van der Waals surface area contributed by atoms with E-state index in [0.29, 0.717) is 6.54 Å². The van der Waals surface area contributed by atoms with Crippen molar-refractivity contribution in [2.24, 2.45) is 0 Å². The van der Waals surface area contributed by atoms with Gasteiger partial charge in [0.25, 0.3) is 0 Å². The summed E-state index contributed by atoms with van der Waals surface area (Å²) in [5.41, 5.74) is -1.22. The predicted octanol–water partition coefficient (Wildman–Crippen LogP) is -0.452. The highest BCUT2D eigenvalue weighted by Crippen LogP contribution is 2.34. The molecule has 0 aromatic rings. The first-order valence-electron chi connectivity index (χ1n) is 3.32. The van der Waals surface area contributed by atoms with Gasteiger partial charge < -0.3 is 20.0 Å². The molecule has 0 radical (unpaired) electrons. The van der Waals surface area contributed by atoms with Crippen molar-refractivity contribution in [2.75, 3.05) is 27.2 Å². The van der Waals surface area contributed by atoms with Crippen LogP contribution in [0.15, 0.2) is 0 Å². The molecular weight excluding hydrogens is 183 g/mol. The summed E-state index contributed by atoms with van der Waals surface area (Å²) in [5, 5.41) is 2.11. The second-order valence-electron chi connectivity index (χ2n) is 2.58. The Morgan fingerprint density at radius 3 is 2.42 bits per heavy atom. The van der Waals surface area contributed by atoms with Crippen LogP contribution in [0.2, 0.25) is 0 Å². The minimum atomic E-state index is -4.59. The first-order chi connectivity index (χ1) is 5.34. The standard InChI is InChI=1S/C5H13N2O4P/c1-7(2)4-3-6-5(8)12(9,10)11/h3-4H2,1-2H3,(H,6,8)(H2,9,10,11)/p+1. The summed E-state index contributed by atoms with van der Waals surface area (Å²) in [4.78, 5) is 29.0. The Hall–Kier alpha value is -0.420. The molecule has 0 atom stereocenters. The van der Waals surface area contributed by atoms with Crippen LogP contribution in [0.4, 0.5) is 4.79 Å². The largest absolute Gasteiger partial charge is 1.00 e. The quantitative estimate of drug-likeness (QED) is 0.531. The molecule has 0 unspecified atom stereocenters. The van der Waals surface area contributed by atoms with E-state index in [2.05, 4.69) is 5.32 Å². The van der Waals surface area contributed by atoms with Crippen LogP contribution in [0.1, 0.15) is 1.43 Å². The van der Waals surface area contributed by atoms with Gasteiger partial charge in [0, 0.05) is 13.1 Å². The number of rotatable bonds is 4. The molecule has 0 aliphatic heterocycles. The van der Waals surface area contributed by atoms with Gasteiger partial charge in [0.1, 0.15) is 0 Å². The zero-order chi connectivity index (χ0) is 9.78. The highest BCUT2D eigenvalue weighted by atomic mass is 31.2. The van der Waals surface area contributed by atoms with Crippen LogP contribution < -0.4 is 5.32 Å². The van der Waals surface area contributed by atoms with Gasteiger partial charge >= 0.3 is 14.7 Å². The van der Waals surface area contributed by atoms with Gasteiger partial charge in [-0.1, -0.05) is 0 Å². The van der Waals surface area contributed by atoms with E-state index >= 15 is 0 Å². The number of nitrogens with zero attached hydrogens (tertiary/aromatic N) is 1. The number of hydrogen-bond acceptors (Lipinski definition) is 3. The van der Waals surface area contributed by atoms with Crippen molar-refractivity contribution in [1.29, 1.82) is 0 Å². The maximum atomic E-state index is 10.6. The van der Waals surface area contributed by atoms with Crippen LogP contribution >= 0.6 is 7.60 Å². The number of carbonyl (C=O) groups excluding carboxylic acids is 1. The van der Waals surface area contributed by atoms with Crippen molar-refractivity contribution >= 4 is 13.2 Å². The number of nitrogens with one attached hydrogen (secondary N) is 1. The number of amides is 1. The molecule has 0 aromatic carbocycles. The Kier molecular flexibility index (Phi) is 4.41. The maximum absolute atomic E-state index is 10.6.